The van der Waals surface area contributed by atoms with E-state index in [9.17, 15) is 0 Å². The minimum atomic E-state index is -0.107. The molecule has 0 amide bonds. The van der Waals surface area contributed by atoms with Gasteiger partial charge in [0.1, 0.15) is 5.58 Å². The molecule has 0 radical (unpaired) electrons. The van der Waals surface area contributed by atoms with Crippen molar-refractivity contribution in [3.63, 3.8) is 0 Å². The van der Waals surface area contributed by atoms with Crippen LogP contribution in [0.3, 0.4) is 0 Å². The first-order valence-corrected chi connectivity index (χ1v) is 22.2. The van der Waals surface area contributed by atoms with Gasteiger partial charge in [-0.25, -0.2) is 0 Å². The van der Waals surface area contributed by atoms with E-state index < -0.39 is 0 Å². The number of benzene rings is 11. The Kier molecular flexibility index (Phi) is 8.77. The van der Waals surface area contributed by atoms with E-state index in [0.29, 0.717) is 0 Å². The van der Waals surface area contributed by atoms with Crippen molar-refractivity contribution in [3.8, 4) is 33.4 Å². The Morgan fingerprint density at radius 3 is 1.48 bits per heavy atom. The van der Waals surface area contributed by atoms with Crippen LogP contribution >= 0.6 is 0 Å². The number of para-hydroxylation sites is 2. The molecule has 64 heavy (non-hydrogen) atoms. The molecule has 0 spiro atoms. The average Bonchev–Trinajstić information content (AvgIpc) is 3.74. The van der Waals surface area contributed by atoms with Gasteiger partial charge in [0, 0.05) is 27.6 Å². The molecule has 2 nitrogen and oxygen atoms in total. The summed E-state index contributed by atoms with van der Waals surface area (Å²) in [6.07, 6.45) is 0. The molecule has 0 aliphatic carbocycles. The maximum atomic E-state index is 7.22. The van der Waals surface area contributed by atoms with Crippen LogP contribution in [0.15, 0.2) is 223 Å². The Balaban J connectivity index is 1.02. The normalized spacial score (nSPS) is 12.0. The van der Waals surface area contributed by atoms with Gasteiger partial charge >= 0.3 is 0 Å². The van der Waals surface area contributed by atoms with Crippen LogP contribution in [0.4, 0.5) is 17.1 Å². The third-order valence-electron chi connectivity index (χ3n) is 13.1. The van der Waals surface area contributed by atoms with Crippen LogP contribution in [0.2, 0.25) is 0 Å². The Morgan fingerprint density at radius 2 is 0.828 bits per heavy atom. The molecule has 0 bridgehead atoms. The van der Waals surface area contributed by atoms with E-state index in [1.807, 2.05) is 0 Å². The van der Waals surface area contributed by atoms with E-state index in [4.69, 9.17) is 4.42 Å². The zero-order valence-electron chi connectivity index (χ0n) is 36.1. The van der Waals surface area contributed by atoms with Gasteiger partial charge < -0.3 is 9.32 Å². The zero-order chi connectivity index (χ0) is 42.9. The van der Waals surface area contributed by atoms with E-state index in [1.54, 1.807) is 0 Å². The van der Waals surface area contributed by atoms with Crippen molar-refractivity contribution in [2.45, 2.75) is 26.2 Å². The molecule has 0 saturated carbocycles. The van der Waals surface area contributed by atoms with Gasteiger partial charge in [-0.15, -0.1) is 0 Å². The van der Waals surface area contributed by atoms with Crippen LogP contribution in [0, 0.1) is 0 Å². The van der Waals surface area contributed by atoms with Gasteiger partial charge in [-0.3, -0.25) is 0 Å². The van der Waals surface area contributed by atoms with Gasteiger partial charge in [0.05, 0.1) is 11.4 Å². The van der Waals surface area contributed by atoms with Crippen LogP contribution in [0.1, 0.15) is 26.3 Å². The van der Waals surface area contributed by atoms with Gasteiger partial charge in [0.15, 0.2) is 5.58 Å². The Morgan fingerprint density at radius 1 is 0.344 bits per heavy atom. The maximum absolute atomic E-state index is 7.22. The highest BCUT2D eigenvalue weighted by Crippen LogP contribution is 2.49. The number of rotatable bonds is 6. The van der Waals surface area contributed by atoms with E-state index in [1.165, 1.54) is 65.3 Å². The van der Waals surface area contributed by atoms with Crippen molar-refractivity contribution in [3.05, 3.63) is 224 Å². The molecule has 11 aromatic carbocycles. The molecule has 0 aliphatic rings. The number of anilines is 3. The lowest BCUT2D eigenvalue weighted by Gasteiger charge is -2.28. The van der Waals surface area contributed by atoms with Gasteiger partial charge in [-0.2, -0.15) is 0 Å². The van der Waals surface area contributed by atoms with Gasteiger partial charge in [0.25, 0.3) is 0 Å². The summed E-state index contributed by atoms with van der Waals surface area (Å²) >= 11 is 0. The third kappa shape index (κ3) is 6.41. The van der Waals surface area contributed by atoms with Gasteiger partial charge in [-0.1, -0.05) is 191 Å². The smallest absolute Gasteiger partial charge is 0.160 e. The first-order valence-electron chi connectivity index (χ1n) is 22.2. The SMILES string of the molecule is CC(C)(C)c1cccc2c1oc1c(N(c3ccc(-c4ccc5cc(-c6ccc7ccccc7c6)ccc5c4)cc3)c3ccccc3-c3ccc4ccccc4c3)cc3ccccc3c12. The quantitative estimate of drug-likeness (QED) is 0.166. The van der Waals surface area contributed by atoms with E-state index in [2.05, 4.69) is 244 Å². The molecule has 1 aromatic heterocycles. The fraction of sp³-hybridized carbons (Fsp3) is 0.0645. The number of nitrogens with zero attached hydrogens (tertiary/aromatic N) is 1. The number of hydrogen-bond acceptors (Lipinski definition) is 2. The minimum absolute atomic E-state index is 0.107. The first-order chi connectivity index (χ1) is 31.3. The Bertz CT molecular complexity index is 3770. The van der Waals surface area contributed by atoms with Crippen molar-refractivity contribution in [2.75, 3.05) is 4.90 Å². The number of furan rings is 1. The fourth-order valence-corrected chi connectivity index (χ4v) is 9.84. The van der Waals surface area contributed by atoms with Crippen LogP contribution < -0.4 is 4.90 Å². The van der Waals surface area contributed by atoms with Crippen LogP contribution in [-0.4, -0.2) is 0 Å². The molecule has 0 aliphatic heterocycles. The largest absolute Gasteiger partial charge is 0.454 e. The second-order valence-corrected chi connectivity index (χ2v) is 18.2. The molecule has 304 valence electrons. The minimum Gasteiger partial charge on any atom is -0.454 e. The monoisotopic (exact) mass is 819 g/mol. The summed E-state index contributed by atoms with van der Waals surface area (Å²) in [6.45, 7) is 6.79. The van der Waals surface area contributed by atoms with E-state index >= 15 is 0 Å². The topological polar surface area (TPSA) is 16.4 Å². The second-order valence-electron chi connectivity index (χ2n) is 18.2. The molecule has 0 unspecified atom stereocenters. The lowest BCUT2D eigenvalue weighted by atomic mass is 9.86. The lowest BCUT2D eigenvalue weighted by molar-refractivity contribution is 0.573. The summed E-state index contributed by atoms with van der Waals surface area (Å²) in [7, 11) is 0. The predicted molar refractivity (Wildman–Crippen MR) is 273 cm³/mol. The molecular formula is C62H45NO. The standard InChI is InChI=1S/C62H45NO/c1-62(2,3)56-21-12-20-55-59-54-19-9-8-17-50(54)39-58(61(59)64-60(55)56)63(57-22-11-10-18-53(57)51-30-24-41-14-5-7-16-44(41)38-51)52-33-31-42(32-34-52)45-26-27-48-37-49(29-28-47(48)36-45)46-25-23-40-13-4-6-15-43(40)35-46/h4-39H,1-3H3. The predicted octanol–water partition coefficient (Wildman–Crippen LogP) is 18.0. The summed E-state index contributed by atoms with van der Waals surface area (Å²) in [4.78, 5) is 2.41. The zero-order valence-corrected chi connectivity index (χ0v) is 36.1. The fourth-order valence-electron chi connectivity index (χ4n) is 9.84. The third-order valence-corrected chi connectivity index (χ3v) is 13.1. The highest BCUT2D eigenvalue weighted by atomic mass is 16.3. The van der Waals surface area contributed by atoms with Crippen LogP contribution in [0.5, 0.6) is 0 Å². The summed E-state index contributed by atoms with van der Waals surface area (Å²) < 4.78 is 7.22. The first kappa shape index (κ1) is 37.8. The highest BCUT2D eigenvalue weighted by molar-refractivity contribution is 6.23. The van der Waals surface area contributed by atoms with Crippen molar-refractivity contribution in [2.24, 2.45) is 0 Å². The summed E-state index contributed by atoms with van der Waals surface area (Å²) in [5, 5.41) is 12.0. The molecule has 0 fully saturated rings. The van der Waals surface area contributed by atoms with Crippen molar-refractivity contribution < 1.29 is 4.42 Å². The molecular weight excluding hydrogens is 775 g/mol. The summed E-state index contributed by atoms with van der Waals surface area (Å²) in [5.41, 5.74) is 13.1. The molecule has 1 heterocycles. The number of hydrogen-bond donors (Lipinski definition) is 0. The maximum Gasteiger partial charge on any atom is 0.160 e. The Hall–Kier alpha value is -7.94. The molecule has 0 N–H and O–H groups in total. The van der Waals surface area contributed by atoms with Crippen molar-refractivity contribution in [1.82, 2.24) is 0 Å². The van der Waals surface area contributed by atoms with Crippen LogP contribution in [-0.2, 0) is 5.41 Å². The average molecular weight is 820 g/mol. The Labute approximate surface area is 373 Å². The molecule has 12 aromatic rings. The highest BCUT2D eigenvalue weighted by Gasteiger charge is 2.27. The molecule has 0 saturated heterocycles. The van der Waals surface area contributed by atoms with Crippen molar-refractivity contribution in [1.29, 1.82) is 0 Å². The van der Waals surface area contributed by atoms with E-state index in [-0.39, 0.29) is 5.41 Å². The molecule has 12 rings (SSSR count). The van der Waals surface area contributed by atoms with E-state index in [0.717, 1.165) is 55.7 Å². The summed E-state index contributed by atoms with van der Waals surface area (Å²) in [5.74, 6) is 0. The summed E-state index contributed by atoms with van der Waals surface area (Å²) in [6, 6.07) is 79.8. The van der Waals surface area contributed by atoms with Gasteiger partial charge in [-0.05, 0) is 125 Å². The molecule has 0 atom stereocenters. The van der Waals surface area contributed by atoms with Gasteiger partial charge in [0.2, 0.25) is 0 Å². The number of fused-ring (bicyclic) bond motifs is 8. The second kappa shape index (κ2) is 14.9. The lowest BCUT2D eigenvalue weighted by Crippen LogP contribution is -2.11. The molecule has 2 heteroatoms. The van der Waals surface area contributed by atoms with Crippen LogP contribution in [0.25, 0.3) is 98.4 Å². The van der Waals surface area contributed by atoms with Crippen molar-refractivity contribution >= 4 is 82.1 Å².